The summed E-state index contributed by atoms with van der Waals surface area (Å²) >= 11 is 7.05. The van der Waals surface area contributed by atoms with Crippen molar-refractivity contribution in [3.8, 4) is 0 Å². The Labute approximate surface area is 145 Å². The second-order valence-electron chi connectivity index (χ2n) is 5.12. The predicted octanol–water partition coefficient (Wildman–Crippen LogP) is 5.44. The summed E-state index contributed by atoms with van der Waals surface area (Å²) in [7, 11) is 0. The van der Waals surface area contributed by atoms with Gasteiger partial charge in [0.25, 0.3) is 0 Å². The van der Waals surface area contributed by atoms with E-state index in [1.807, 2.05) is 42.7 Å². The van der Waals surface area contributed by atoms with Gasteiger partial charge in [0.2, 0.25) is 0 Å². The third kappa shape index (κ3) is 2.57. The molecule has 5 heteroatoms. The minimum Gasteiger partial charge on any atom is -0.464 e. The van der Waals surface area contributed by atoms with Crippen molar-refractivity contribution in [2.24, 2.45) is 0 Å². The smallest absolute Gasteiger partial charge is 0.328 e. The highest BCUT2D eigenvalue weighted by atomic mass is 79.9. The molecule has 1 atom stereocenters. The maximum atomic E-state index is 12.2. The zero-order chi connectivity index (χ0) is 15.9. The summed E-state index contributed by atoms with van der Waals surface area (Å²) in [6.07, 6.45) is 0. The highest BCUT2D eigenvalue weighted by molar-refractivity contribution is 9.10. The Morgan fingerprint density at radius 3 is 2.05 bits per heavy atom. The van der Waals surface area contributed by atoms with Gasteiger partial charge in [0.1, 0.15) is 6.04 Å². The molecular formula is C17H15Br2NO2. The van der Waals surface area contributed by atoms with Crippen molar-refractivity contribution >= 4 is 59.6 Å². The van der Waals surface area contributed by atoms with Crippen LogP contribution in [0, 0.1) is 0 Å². The monoisotopic (exact) mass is 423 g/mol. The molecule has 1 unspecified atom stereocenters. The number of esters is 1. The zero-order valence-electron chi connectivity index (χ0n) is 12.3. The minimum atomic E-state index is -0.373. The Balaban J connectivity index is 2.33. The lowest BCUT2D eigenvalue weighted by Crippen LogP contribution is -2.18. The second kappa shape index (κ2) is 6.05. The van der Waals surface area contributed by atoms with Crippen molar-refractivity contribution in [2.45, 2.75) is 19.9 Å². The number of fused-ring (bicyclic) bond motifs is 3. The lowest BCUT2D eigenvalue weighted by atomic mass is 10.2. The summed E-state index contributed by atoms with van der Waals surface area (Å²) < 4.78 is 9.27. The molecule has 1 aromatic heterocycles. The van der Waals surface area contributed by atoms with E-state index in [1.165, 1.54) is 0 Å². The van der Waals surface area contributed by atoms with Gasteiger partial charge in [-0.05, 0) is 50.2 Å². The van der Waals surface area contributed by atoms with Gasteiger partial charge in [0.15, 0.2) is 0 Å². The summed E-state index contributed by atoms with van der Waals surface area (Å²) in [5, 5.41) is 2.23. The molecule has 3 nitrogen and oxygen atoms in total. The number of halogens is 2. The Kier molecular flexibility index (Phi) is 4.28. The van der Waals surface area contributed by atoms with Crippen molar-refractivity contribution in [3.05, 3.63) is 45.3 Å². The van der Waals surface area contributed by atoms with Gasteiger partial charge in [-0.15, -0.1) is 0 Å². The lowest BCUT2D eigenvalue weighted by Gasteiger charge is -2.15. The first kappa shape index (κ1) is 15.6. The fourth-order valence-corrected chi connectivity index (χ4v) is 3.51. The molecule has 1 heterocycles. The van der Waals surface area contributed by atoms with Crippen LogP contribution in [-0.2, 0) is 9.53 Å². The third-order valence-corrected chi connectivity index (χ3v) is 4.73. The molecule has 0 aliphatic rings. The van der Waals surface area contributed by atoms with Crippen molar-refractivity contribution in [1.29, 1.82) is 0 Å². The maximum Gasteiger partial charge on any atom is 0.328 e. The molecule has 0 aliphatic heterocycles. The Bertz CT molecular complexity index is 811. The first-order valence-corrected chi connectivity index (χ1v) is 8.67. The van der Waals surface area contributed by atoms with Gasteiger partial charge in [-0.3, -0.25) is 0 Å². The Morgan fingerprint density at radius 1 is 1.09 bits per heavy atom. The molecule has 0 amide bonds. The number of carbonyl (C=O) groups excluding carboxylic acids is 1. The van der Waals surface area contributed by atoms with E-state index in [9.17, 15) is 4.79 Å². The molecule has 3 rings (SSSR count). The molecule has 114 valence electrons. The molecular weight excluding hydrogens is 410 g/mol. The van der Waals surface area contributed by atoms with Crippen LogP contribution in [-0.4, -0.2) is 17.1 Å². The topological polar surface area (TPSA) is 31.2 Å². The quantitative estimate of drug-likeness (QED) is 0.524. The lowest BCUT2D eigenvalue weighted by molar-refractivity contribution is -0.146. The van der Waals surface area contributed by atoms with Gasteiger partial charge in [0, 0.05) is 19.7 Å². The molecule has 0 radical (unpaired) electrons. The number of carbonyl (C=O) groups is 1. The molecule has 0 saturated heterocycles. The largest absolute Gasteiger partial charge is 0.464 e. The van der Waals surface area contributed by atoms with E-state index in [1.54, 1.807) is 0 Å². The van der Waals surface area contributed by atoms with E-state index in [0.717, 1.165) is 30.8 Å². The number of benzene rings is 2. The molecule has 0 fully saturated rings. The number of rotatable bonds is 3. The number of hydrogen-bond acceptors (Lipinski definition) is 2. The number of ether oxygens (including phenoxy) is 1. The van der Waals surface area contributed by atoms with Crippen LogP contribution < -0.4 is 0 Å². The molecule has 0 saturated carbocycles. The van der Waals surface area contributed by atoms with Crippen LogP contribution in [0.3, 0.4) is 0 Å². The fourth-order valence-electron chi connectivity index (χ4n) is 2.78. The van der Waals surface area contributed by atoms with Gasteiger partial charge >= 0.3 is 5.97 Å². The van der Waals surface area contributed by atoms with Crippen LogP contribution in [0.1, 0.15) is 19.9 Å². The normalized spacial score (nSPS) is 12.7. The fraction of sp³-hybridized carbons (Fsp3) is 0.235. The zero-order valence-corrected chi connectivity index (χ0v) is 15.4. The van der Waals surface area contributed by atoms with Crippen LogP contribution in [0.15, 0.2) is 45.3 Å². The van der Waals surface area contributed by atoms with Crippen molar-refractivity contribution in [1.82, 2.24) is 4.57 Å². The van der Waals surface area contributed by atoms with Crippen molar-refractivity contribution in [3.63, 3.8) is 0 Å². The average Bonchev–Trinajstić information content (AvgIpc) is 2.80. The predicted molar refractivity (Wildman–Crippen MR) is 96.2 cm³/mol. The van der Waals surface area contributed by atoms with Gasteiger partial charge in [-0.25, -0.2) is 4.79 Å². The molecule has 22 heavy (non-hydrogen) atoms. The van der Waals surface area contributed by atoms with Crippen molar-refractivity contribution in [2.75, 3.05) is 6.61 Å². The van der Waals surface area contributed by atoms with Crippen LogP contribution in [0.25, 0.3) is 21.8 Å². The molecule has 0 spiro atoms. The molecule has 3 aromatic rings. The Hall–Kier alpha value is -1.33. The molecule has 0 bridgehead atoms. The molecule has 0 N–H and O–H groups in total. The molecule has 0 aliphatic carbocycles. The van der Waals surface area contributed by atoms with Gasteiger partial charge in [-0.2, -0.15) is 0 Å². The minimum absolute atomic E-state index is 0.216. The van der Waals surface area contributed by atoms with Crippen LogP contribution in [0.5, 0.6) is 0 Å². The third-order valence-electron chi connectivity index (χ3n) is 3.74. The first-order valence-electron chi connectivity index (χ1n) is 7.08. The average molecular weight is 425 g/mol. The van der Waals surface area contributed by atoms with Gasteiger partial charge in [0.05, 0.1) is 17.6 Å². The van der Waals surface area contributed by atoms with Crippen molar-refractivity contribution < 1.29 is 9.53 Å². The number of nitrogens with zero attached hydrogens (tertiary/aromatic N) is 1. The maximum absolute atomic E-state index is 12.2. The summed E-state index contributed by atoms with van der Waals surface area (Å²) in [5.74, 6) is -0.216. The van der Waals surface area contributed by atoms with Crippen LogP contribution in [0.2, 0.25) is 0 Å². The number of aromatic nitrogens is 1. The Morgan fingerprint density at radius 2 is 1.59 bits per heavy atom. The SMILES string of the molecule is CCOC(=O)C(C)n1c2ccc(Br)cc2c2cc(Br)ccc21. The standard InChI is InChI=1S/C17H15Br2NO2/c1-3-22-17(21)10(2)20-15-6-4-11(18)8-13(15)14-9-12(19)5-7-16(14)20/h4-10H,3H2,1-2H3. The molecule has 2 aromatic carbocycles. The van der Waals surface area contributed by atoms with E-state index in [0.29, 0.717) is 6.61 Å². The van der Waals surface area contributed by atoms with Gasteiger partial charge in [-0.1, -0.05) is 31.9 Å². The highest BCUT2D eigenvalue weighted by Crippen LogP contribution is 2.35. The summed E-state index contributed by atoms with van der Waals surface area (Å²) in [6, 6.07) is 11.8. The highest BCUT2D eigenvalue weighted by Gasteiger charge is 2.21. The van der Waals surface area contributed by atoms with E-state index in [2.05, 4.69) is 44.0 Å². The number of hydrogen-bond donors (Lipinski definition) is 0. The van der Waals surface area contributed by atoms with E-state index in [-0.39, 0.29) is 12.0 Å². The summed E-state index contributed by atoms with van der Waals surface area (Å²) in [4.78, 5) is 12.2. The van der Waals surface area contributed by atoms with E-state index < -0.39 is 0 Å². The summed E-state index contributed by atoms with van der Waals surface area (Å²) in [5.41, 5.74) is 2.05. The van der Waals surface area contributed by atoms with Crippen LogP contribution >= 0.6 is 31.9 Å². The van der Waals surface area contributed by atoms with E-state index in [4.69, 9.17) is 4.74 Å². The van der Waals surface area contributed by atoms with E-state index >= 15 is 0 Å². The van der Waals surface area contributed by atoms with Gasteiger partial charge < -0.3 is 9.30 Å². The summed E-state index contributed by atoms with van der Waals surface area (Å²) in [6.45, 7) is 4.09. The second-order valence-corrected chi connectivity index (χ2v) is 6.95. The first-order chi connectivity index (χ1) is 10.5. The van der Waals surface area contributed by atoms with Crippen LogP contribution in [0.4, 0.5) is 0 Å².